The van der Waals surface area contributed by atoms with E-state index in [2.05, 4.69) is 46.4 Å². The molecule has 0 unspecified atom stereocenters. The molecule has 0 aliphatic heterocycles. The van der Waals surface area contributed by atoms with Gasteiger partial charge in [0.2, 0.25) is 0 Å². The number of aryl methyl sites for hydroxylation is 1. The second-order valence-corrected chi connectivity index (χ2v) is 4.41. The van der Waals surface area contributed by atoms with E-state index in [4.69, 9.17) is 5.11 Å². The van der Waals surface area contributed by atoms with E-state index in [0.717, 1.165) is 11.0 Å². The van der Waals surface area contributed by atoms with Gasteiger partial charge in [-0.05, 0) is 31.0 Å². The molecule has 0 bridgehead atoms. The van der Waals surface area contributed by atoms with Crippen molar-refractivity contribution in [3.05, 3.63) is 33.8 Å². The first-order chi connectivity index (χ1) is 6.63. The smallest absolute Gasteiger partial charge is 0.0582 e. The van der Waals surface area contributed by atoms with E-state index in [1.54, 1.807) is 0 Å². The Labute approximate surface area is 93.5 Å². The molecule has 78 valence electrons. The van der Waals surface area contributed by atoms with Crippen LogP contribution in [0.5, 0.6) is 0 Å². The highest BCUT2D eigenvalue weighted by molar-refractivity contribution is 9.10. The van der Waals surface area contributed by atoms with Gasteiger partial charge in [0.05, 0.1) is 6.61 Å². The highest BCUT2D eigenvalue weighted by atomic mass is 79.9. The fourth-order valence-electron chi connectivity index (χ4n) is 1.14. The summed E-state index contributed by atoms with van der Waals surface area (Å²) in [6.45, 7) is 4.98. The molecule has 0 aliphatic rings. The summed E-state index contributed by atoms with van der Waals surface area (Å²) in [5, 5.41) is 12.1. The third-order valence-electron chi connectivity index (χ3n) is 2.12. The lowest BCUT2D eigenvalue weighted by Gasteiger charge is -2.11. The Bertz CT molecular complexity index is 301. The van der Waals surface area contributed by atoms with Crippen LogP contribution in [0.3, 0.4) is 0 Å². The van der Waals surface area contributed by atoms with Crippen LogP contribution in [0.25, 0.3) is 0 Å². The van der Waals surface area contributed by atoms with E-state index in [9.17, 15) is 0 Å². The fourth-order valence-corrected chi connectivity index (χ4v) is 1.78. The molecule has 2 N–H and O–H groups in total. The van der Waals surface area contributed by atoms with Crippen molar-refractivity contribution in [2.24, 2.45) is 0 Å². The SMILES string of the molecule is Cc1ccc(CN[C@@H](C)CO)c(Br)c1. The Morgan fingerprint density at radius 3 is 2.79 bits per heavy atom. The summed E-state index contributed by atoms with van der Waals surface area (Å²) in [6, 6.07) is 6.42. The minimum absolute atomic E-state index is 0.142. The Hall–Kier alpha value is -0.380. The molecule has 14 heavy (non-hydrogen) atoms. The van der Waals surface area contributed by atoms with E-state index >= 15 is 0 Å². The van der Waals surface area contributed by atoms with Gasteiger partial charge in [0.15, 0.2) is 0 Å². The predicted octanol–water partition coefficient (Wildman–Crippen LogP) is 2.23. The summed E-state index contributed by atoms with van der Waals surface area (Å²) in [6.07, 6.45) is 0. The maximum Gasteiger partial charge on any atom is 0.0582 e. The van der Waals surface area contributed by atoms with E-state index in [1.807, 2.05) is 6.92 Å². The maximum absolute atomic E-state index is 8.85. The second-order valence-electron chi connectivity index (χ2n) is 3.56. The van der Waals surface area contributed by atoms with Crippen molar-refractivity contribution in [3.63, 3.8) is 0 Å². The van der Waals surface area contributed by atoms with Gasteiger partial charge in [-0.1, -0.05) is 28.1 Å². The zero-order valence-corrected chi connectivity index (χ0v) is 10.1. The molecule has 0 saturated carbocycles. The number of halogens is 1. The van der Waals surface area contributed by atoms with Crippen LogP contribution in [-0.2, 0) is 6.54 Å². The lowest BCUT2D eigenvalue weighted by atomic mass is 10.1. The van der Waals surface area contributed by atoms with E-state index < -0.39 is 0 Å². The molecule has 0 amide bonds. The molecular formula is C11H16BrNO. The molecule has 0 aromatic heterocycles. The zero-order valence-electron chi connectivity index (χ0n) is 8.55. The minimum atomic E-state index is 0.142. The number of benzene rings is 1. The predicted molar refractivity (Wildman–Crippen MR) is 62.3 cm³/mol. The number of aliphatic hydroxyl groups is 1. The van der Waals surface area contributed by atoms with Crippen molar-refractivity contribution in [3.8, 4) is 0 Å². The van der Waals surface area contributed by atoms with E-state index in [0.29, 0.717) is 0 Å². The first kappa shape index (κ1) is 11.7. The normalized spacial score (nSPS) is 12.9. The van der Waals surface area contributed by atoms with Gasteiger partial charge in [0.25, 0.3) is 0 Å². The molecule has 0 heterocycles. The zero-order chi connectivity index (χ0) is 10.6. The summed E-state index contributed by atoms with van der Waals surface area (Å²) < 4.78 is 1.12. The highest BCUT2D eigenvalue weighted by Crippen LogP contribution is 2.18. The van der Waals surface area contributed by atoms with Gasteiger partial charge in [-0.3, -0.25) is 0 Å². The van der Waals surface area contributed by atoms with Gasteiger partial charge in [-0.15, -0.1) is 0 Å². The fraction of sp³-hybridized carbons (Fsp3) is 0.455. The maximum atomic E-state index is 8.85. The van der Waals surface area contributed by atoms with Crippen molar-refractivity contribution in [2.45, 2.75) is 26.4 Å². The lowest BCUT2D eigenvalue weighted by molar-refractivity contribution is 0.251. The largest absolute Gasteiger partial charge is 0.395 e. The molecule has 1 aromatic carbocycles. The summed E-state index contributed by atoms with van der Waals surface area (Å²) in [5.74, 6) is 0. The van der Waals surface area contributed by atoms with Gasteiger partial charge < -0.3 is 10.4 Å². The van der Waals surface area contributed by atoms with Crippen LogP contribution in [-0.4, -0.2) is 17.8 Å². The van der Waals surface area contributed by atoms with Gasteiger partial charge >= 0.3 is 0 Å². The van der Waals surface area contributed by atoms with Crippen LogP contribution in [0.1, 0.15) is 18.1 Å². The molecule has 0 saturated heterocycles. The van der Waals surface area contributed by atoms with Crippen LogP contribution in [0.15, 0.2) is 22.7 Å². The Balaban J connectivity index is 2.59. The van der Waals surface area contributed by atoms with Gasteiger partial charge in [0, 0.05) is 17.1 Å². The molecule has 1 aromatic rings. The molecule has 0 spiro atoms. The molecular weight excluding hydrogens is 242 g/mol. The summed E-state index contributed by atoms with van der Waals surface area (Å²) >= 11 is 3.52. The van der Waals surface area contributed by atoms with Crippen molar-refractivity contribution in [1.29, 1.82) is 0 Å². The average Bonchev–Trinajstić information content (AvgIpc) is 2.16. The standard InChI is InChI=1S/C11H16BrNO/c1-8-3-4-10(11(12)5-8)6-13-9(2)7-14/h3-5,9,13-14H,6-7H2,1-2H3/t9-/m0/s1. The van der Waals surface area contributed by atoms with E-state index in [-0.39, 0.29) is 12.6 Å². The topological polar surface area (TPSA) is 32.3 Å². The summed E-state index contributed by atoms with van der Waals surface area (Å²) in [4.78, 5) is 0. The second kappa shape index (κ2) is 5.49. The molecule has 0 radical (unpaired) electrons. The third kappa shape index (κ3) is 3.40. The van der Waals surface area contributed by atoms with Crippen LogP contribution in [0, 0.1) is 6.92 Å². The van der Waals surface area contributed by atoms with Crippen LogP contribution >= 0.6 is 15.9 Å². The Kier molecular flexibility index (Phi) is 4.58. The number of nitrogens with one attached hydrogen (secondary N) is 1. The summed E-state index contributed by atoms with van der Waals surface area (Å²) in [7, 11) is 0. The number of rotatable bonds is 4. The molecule has 2 nitrogen and oxygen atoms in total. The lowest BCUT2D eigenvalue weighted by Crippen LogP contribution is -2.28. The first-order valence-electron chi connectivity index (χ1n) is 4.72. The van der Waals surface area contributed by atoms with Gasteiger partial charge in [-0.25, -0.2) is 0 Å². The van der Waals surface area contributed by atoms with Crippen LogP contribution in [0.4, 0.5) is 0 Å². The van der Waals surface area contributed by atoms with Crippen LogP contribution < -0.4 is 5.32 Å². The first-order valence-corrected chi connectivity index (χ1v) is 5.52. The molecule has 1 rings (SSSR count). The van der Waals surface area contributed by atoms with E-state index in [1.165, 1.54) is 11.1 Å². The third-order valence-corrected chi connectivity index (χ3v) is 2.86. The van der Waals surface area contributed by atoms with Crippen molar-refractivity contribution < 1.29 is 5.11 Å². The Morgan fingerprint density at radius 1 is 1.50 bits per heavy atom. The van der Waals surface area contributed by atoms with Crippen molar-refractivity contribution in [2.75, 3.05) is 6.61 Å². The summed E-state index contributed by atoms with van der Waals surface area (Å²) in [5.41, 5.74) is 2.46. The minimum Gasteiger partial charge on any atom is -0.395 e. The number of hydrogen-bond acceptors (Lipinski definition) is 2. The van der Waals surface area contributed by atoms with Gasteiger partial charge in [-0.2, -0.15) is 0 Å². The quantitative estimate of drug-likeness (QED) is 0.868. The molecule has 0 aliphatic carbocycles. The molecule has 1 atom stereocenters. The monoisotopic (exact) mass is 257 g/mol. The van der Waals surface area contributed by atoms with Gasteiger partial charge in [0.1, 0.15) is 0 Å². The number of aliphatic hydroxyl groups excluding tert-OH is 1. The van der Waals surface area contributed by atoms with Crippen molar-refractivity contribution in [1.82, 2.24) is 5.32 Å². The Morgan fingerprint density at radius 2 is 2.21 bits per heavy atom. The highest BCUT2D eigenvalue weighted by Gasteiger charge is 2.02. The molecule has 3 heteroatoms. The molecule has 0 fully saturated rings. The average molecular weight is 258 g/mol. The van der Waals surface area contributed by atoms with Crippen molar-refractivity contribution >= 4 is 15.9 Å². The van der Waals surface area contributed by atoms with Crippen LogP contribution in [0.2, 0.25) is 0 Å². The number of hydrogen-bond donors (Lipinski definition) is 2.